The lowest BCUT2D eigenvalue weighted by atomic mass is 10.2. The van der Waals surface area contributed by atoms with E-state index in [0.717, 1.165) is 18.5 Å². The van der Waals surface area contributed by atoms with E-state index in [2.05, 4.69) is 28.2 Å². The average Bonchev–Trinajstić information content (AvgIpc) is 2.46. The molecule has 0 heterocycles. The highest BCUT2D eigenvalue weighted by Gasteiger charge is 2.08. The number of ether oxygens (including phenoxy) is 1. The van der Waals surface area contributed by atoms with E-state index in [4.69, 9.17) is 4.74 Å². The molecule has 0 radical (unpaired) electrons. The van der Waals surface area contributed by atoms with Crippen LogP contribution >= 0.6 is 15.9 Å². The van der Waals surface area contributed by atoms with Crippen molar-refractivity contribution in [1.29, 1.82) is 0 Å². The molecule has 21 heavy (non-hydrogen) atoms. The van der Waals surface area contributed by atoms with Gasteiger partial charge in [-0.15, -0.1) is 0 Å². The van der Waals surface area contributed by atoms with Crippen LogP contribution in [0.1, 0.15) is 18.9 Å². The fourth-order valence-corrected chi connectivity index (χ4v) is 2.06. The molecule has 0 spiro atoms. The van der Waals surface area contributed by atoms with Gasteiger partial charge < -0.3 is 10.1 Å². The normalized spacial score (nSPS) is 10.7. The third kappa shape index (κ3) is 4.51. The van der Waals surface area contributed by atoms with E-state index in [1.54, 1.807) is 18.2 Å². The Hall–Kier alpha value is -1.46. The van der Waals surface area contributed by atoms with Crippen molar-refractivity contribution >= 4 is 15.9 Å². The number of nitrogens with one attached hydrogen (secondary N) is 1. The number of rotatable bonds is 6. The summed E-state index contributed by atoms with van der Waals surface area (Å²) in [5, 5.41) is 3.20. The largest absolute Gasteiger partial charge is 0.454 e. The van der Waals surface area contributed by atoms with Crippen LogP contribution in [-0.2, 0) is 6.54 Å². The van der Waals surface area contributed by atoms with Crippen molar-refractivity contribution in [2.24, 2.45) is 0 Å². The van der Waals surface area contributed by atoms with Crippen molar-refractivity contribution < 1.29 is 13.5 Å². The Morgan fingerprint density at radius 3 is 2.57 bits per heavy atom. The first-order valence-electron chi connectivity index (χ1n) is 6.72. The lowest BCUT2D eigenvalue weighted by Gasteiger charge is -2.09. The third-order valence-electron chi connectivity index (χ3n) is 2.87. The van der Waals surface area contributed by atoms with Gasteiger partial charge in [-0.2, -0.15) is 0 Å². The van der Waals surface area contributed by atoms with Gasteiger partial charge in [-0.25, -0.2) is 8.78 Å². The summed E-state index contributed by atoms with van der Waals surface area (Å²) in [6.45, 7) is 3.57. The molecule has 0 unspecified atom stereocenters. The van der Waals surface area contributed by atoms with Crippen molar-refractivity contribution in [3.63, 3.8) is 0 Å². The van der Waals surface area contributed by atoms with E-state index in [0.29, 0.717) is 11.0 Å². The van der Waals surface area contributed by atoms with Crippen molar-refractivity contribution in [3.05, 3.63) is 58.1 Å². The van der Waals surface area contributed by atoms with Crippen molar-refractivity contribution in [1.82, 2.24) is 5.32 Å². The zero-order valence-electron chi connectivity index (χ0n) is 11.6. The summed E-state index contributed by atoms with van der Waals surface area (Å²) in [7, 11) is 0. The van der Waals surface area contributed by atoms with Crippen LogP contribution in [0.5, 0.6) is 11.5 Å². The first-order valence-corrected chi connectivity index (χ1v) is 7.51. The molecule has 1 N–H and O–H groups in total. The van der Waals surface area contributed by atoms with Crippen LogP contribution in [0.15, 0.2) is 40.9 Å². The molecule has 0 aromatic heterocycles. The molecule has 0 aliphatic carbocycles. The Morgan fingerprint density at radius 2 is 1.90 bits per heavy atom. The maximum atomic E-state index is 14.0. The standard InChI is InChI=1S/C16H16BrF2NO/c1-2-7-20-10-11-3-6-16(15(19)8-11)21-12-4-5-13(17)14(18)9-12/h3-6,8-9,20H,2,7,10H2,1H3. The molecular formula is C16H16BrF2NO. The van der Waals surface area contributed by atoms with Crippen LogP contribution in [0.3, 0.4) is 0 Å². The smallest absolute Gasteiger partial charge is 0.166 e. The van der Waals surface area contributed by atoms with Gasteiger partial charge in [0, 0.05) is 12.6 Å². The molecule has 2 nitrogen and oxygen atoms in total. The molecule has 2 aromatic carbocycles. The van der Waals surface area contributed by atoms with E-state index in [9.17, 15) is 8.78 Å². The summed E-state index contributed by atoms with van der Waals surface area (Å²) in [6.07, 6.45) is 1.03. The van der Waals surface area contributed by atoms with Gasteiger partial charge in [-0.3, -0.25) is 0 Å². The Balaban J connectivity index is 2.08. The Kier molecular flexibility index (Phi) is 5.70. The van der Waals surface area contributed by atoms with Gasteiger partial charge in [-0.1, -0.05) is 13.0 Å². The summed E-state index contributed by atoms with van der Waals surface area (Å²) in [4.78, 5) is 0. The summed E-state index contributed by atoms with van der Waals surface area (Å²) >= 11 is 3.06. The Labute approximate surface area is 131 Å². The molecule has 0 saturated heterocycles. The van der Waals surface area contributed by atoms with Crippen molar-refractivity contribution in [2.75, 3.05) is 6.54 Å². The SMILES string of the molecule is CCCNCc1ccc(Oc2ccc(Br)c(F)c2)c(F)c1. The van der Waals surface area contributed by atoms with Gasteiger partial charge in [0.15, 0.2) is 11.6 Å². The highest BCUT2D eigenvalue weighted by atomic mass is 79.9. The minimum Gasteiger partial charge on any atom is -0.454 e. The van der Waals surface area contributed by atoms with Crippen LogP contribution in [-0.4, -0.2) is 6.54 Å². The lowest BCUT2D eigenvalue weighted by molar-refractivity contribution is 0.437. The van der Waals surface area contributed by atoms with Crippen LogP contribution in [0.2, 0.25) is 0 Å². The van der Waals surface area contributed by atoms with Gasteiger partial charge in [0.25, 0.3) is 0 Å². The second-order valence-corrected chi connectivity index (χ2v) is 5.47. The van der Waals surface area contributed by atoms with E-state index >= 15 is 0 Å². The summed E-state index contributed by atoms with van der Waals surface area (Å²) in [6, 6.07) is 9.07. The highest BCUT2D eigenvalue weighted by Crippen LogP contribution is 2.28. The molecule has 2 rings (SSSR count). The maximum Gasteiger partial charge on any atom is 0.166 e. The second-order valence-electron chi connectivity index (χ2n) is 4.62. The fourth-order valence-electron chi connectivity index (χ4n) is 1.81. The lowest BCUT2D eigenvalue weighted by Crippen LogP contribution is -2.13. The molecule has 0 bridgehead atoms. The Morgan fingerprint density at radius 1 is 1.10 bits per heavy atom. The van der Waals surface area contributed by atoms with Gasteiger partial charge in [0.2, 0.25) is 0 Å². The zero-order valence-corrected chi connectivity index (χ0v) is 13.2. The van der Waals surface area contributed by atoms with E-state index in [1.165, 1.54) is 18.2 Å². The highest BCUT2D eigenvalue weighted by molar-refractivity contribution is 9.10. The first-order chi connectivity index (χ1) is 10.1. The molecule has 0 amide bonds. The molecule has 112 valence electrons. The molecule has 0 aliphatic heterocycles. The number of hydrogen-bond donors (Lipinski definition) is 1. The van der Waals surface area contributed by atoms with Crippen LogP contribution < -0.4 is 10.1 Å². The Bertz CT molecular complexity index is 619. The third-order valence-corrected chi connectivity index (χ3v) is 3.51. The fraction of sp³-hybridized carbons (Fsp3) is 0.250. The first kappa shape index (κ1) is 15.9. The van der Waals surface area contributed by atoms with Gasteiger partial charge in [0.05, 0.1) is 4.47 Å². The van der Waals surface area contributed by atoms with E-state index in [-0.39, 0.29) is 11.5 Å². The van der Waals surface area contributed by atoms with E-state index < -0.39 is 11.6 Å². The minimum atomic E-state index is -0.464. The van der Waals surface area contributed by atoms with Gasteiger partial charge in [0.1, 0.15) is 11.6 Å². The van der Waals surface area contributed by atoms with Crippen LogP contribution in [0, 0.1) is 11.6 Å². The van der Waals surface area contributed by atoms with Crippen LogP contribution in [0.4, 0.5) is 8.78 Å². The predicted molar refractivity (Wildman–Crippen MR) is 82.6 cm³/mol. The molecule has 0 saturated carbocycles. The van der Waals surface area contributed by atoms with Crippen LogP contribution in [0.25, 0.3) is 0 Å². The van der Waals surface area contributed by atoms with Crippen molar-refractivity contribution in [2.45, 2.75) is 19.9 Å². The summed E-state index contributed by atoms with van der Waals surface area (Å²) in [5.41, 5.74) is 0.843. The second kappa shape index (κ2) is 7.52. The van der Waals surface area contributed by atoms with Gasteiger partial charge in [-0.05, 0) is 58.7 Å². The molecular weight excluding hydrogens is 340 g/mol. The average molecular weight is 356 g/mol. The molecule has 0 fully saturated rings. The number of halogens is 3. The van der Waals surface area contributed by atoms with Crippen molar-refractivity contribution in [3.8, 4) is 11.5 Å². The number of benzene rings is 2. The monoisotopic (exact) mass is 355 g/mol. The molecule has 5 heteroatoms. The quantitative estimate of drug-likeness (QED) is 0.734. The molecule has 0 atom stereocenters. The molecule has 2 aromatic rings. The summed E-state index contributed by atoms with van der Waals surface area (Å²) in [5.74, 6) is -0.579. The predicted octanol–water partition coefficient (Wildman–Crippen LogP) is 5.02. The topological polar surface area (TPSA) is 21.3 Å². The van der Waals surface area contributed by atoms with Gasteiger partial charge >= 0.3 is 0 Å². The summed E-state index contributed by atoms with van der Waals surface area (Å²) < 4.78 is 33.1. The minimum absolute atomic E-state index is 0.0796. The number of hydrogen-bond acceptors (Lipinski definition) is 2. The van der Waals surface area contributed by atoms with E-state index in [1.807, 2.05) is 0 Å². The maximum absolute atomic E-state index is 14.0. The molecule has 0 aliphatic rings. The zero-order chi connectivity index (χ0) is 15.2.